The Balaban J connectivity index is 1.81. The van der Waals surface area contributed by atoms with Gasteiger partial charge in [-0.3, -0.25) is 4.79 Å². The summed E-state index contributed by atoms with van der Waals surface area (Å²) in [6.07, 6.45) is 3.24. The van der Waals surface area contributed by atoms with Crippen LogP contribution in [0, 0.1) is 5.82 Å². The zero-order valence-electron chi connectivity index (χ0n) is 11.7. The van der Waals surface area contributed by atoms with Crippen molar-refractivity contribution in [2.24, 2.45) is 0 Å². The van der Waals surface area contributed by atoms with Crippen LogP contribution in [0.5, 0.6) is 0 Å². The summed E-state index contributed by atoms with van der Waals surface area (Å²) >= 11 is 0. The molecule has 0 bridgehead atoms. The summed E-state index contributed by atoms with van der Waals surface area (Å²) in [5, 5.41) is 5.92. The van der Waals surface area contributed by atoms with Gasteiger partial charge in [0.2, 0.25) is 0 Å². The molecule has 0 radical (unpaired) electrons. The van der Waals surface area contributed by atoms with Gasteiger partial charge in [-0.25, -0.2) is 9.37 Å². The van der Waals surface area contributed by atoms with Crippen molar-refractivity contribution in [3.8, 4) is 0 Å². The highest BCUT2D eigenvalue weighted by Crippen LogP contribution is 2.45. The van der Waals surface area contributed by atoms with Crippen LogP contribution in [0.3, 0.4) is 0 Å². The molecule has 21 heavy (non-hydrogen) atoms. The van der Waals surface area contributed by atoms with Crippen LogP contribution in [0.2, 0.25) is 0 Å². The Morgan fingerprint density at radius 2 is 2.10 bits per heavy atom. The Morgan fingerprint density at radius 3 is 2.76 bits per heavy atom. The lowest BCUT2D eigenvalue weighted by molar-refractivity contribution is 0.0930. The zero-order chi connectivity index (χ0) is 14.9. The van der Waals surface area contributed by atoms with E-state index in [1.165, 1.54) is 12.1 Å². The van der Waals surface area contributed by atoms with Crippen LogP contribution in [0.1, 0.15) is 28.8 Å². The molecule has 1 aromatic heterocycles. The first-order valence-electron chi connectivity index (χ1n) is 6.85. The summed E-state index contributed by atoms with van der Waals surface area (Å²) in [4.78, 5) is 16.4. The highest BCUT2D eigenvalue weighted by molar-refractivity contribution is 5.95. The normalized spacial score (nSPS) is 15.3. The molecule has 1 aliphatic carbocycles. The lowest BCUT2D eigenvalue weighted by Crippen LogP contribution is -2.35. The number of pyridine rings is 1. The second-order valence-corrected chi connectivity index (χ2v) is 5.23. The molecule has 4 nitrogen and oxygen atoms in total. The van der Waals surface area contributed by atoms with Crippen LogP contribution >= 0.6 is 0 Å². The Bertz CT molecular complexity index is 683. The zero-order valence-corrected chi connectivity index (χ0v) is 11.7. The smallest absolute Gasteiger partial charge is 0.252 e. The van der Waals surface area contributed by atoms with E-state index >= 15 is 0 Å². The van der Waals surface area contributed by atoms with E-state index in [0.29, 0.717) is 11.4 Å². The number of nitrogens with one attached hydrogen (secondary N) is 2. The van der Waals surface area contributed by atoms with Crippen molar-refractivity contribution in [3.63, 3.8) is 0 Å². The molecule has 0 unspecified atom stereocenters. The highest BCUT2D eigenvalue weighted by Gasteiger charge is 2.45. The quantitative estimate of drug-likeness (QED) is 0.908. The molecule has 2 aromatic rings. The molecule has 1 heterocycles. The van der Waals surface area contributed by atoms with Crippen LogP contribution in [-0.2, 0) is 5.54 Å². The molecule has 0 saturated heterocycles. The summed E-state index contributed by atoms with van der Waals surface area (Å²) in [5.74, 6) is 0.184. The minimum Gasteiger partial charge on any atom is -0.373 e. The van der Waals surface area contributed by atoms with Crippen molar-refractivity contribution >= 4 is 11.7 Å². The maximum atomic E-state index is 13.4. The molecule has 0 aliphatic heterocycles. The number of aromatic nitrogens is 1. The van der Waals surface area contributed by atoms with Gasteiger partial charge in [0.05, 0.1) is 5.54 Å². The number of amides is 1. The molecule has 0 atom stereocenters. The van der Waals surface area contributed by atoms with E-state index in [2.05, 4.69) is 15.6 Å². The fraction of sp³-hybridized carbons (Fsp3) is 0.250. The van der Waals surface area contributed by atoms with Crippen LogP contribution in [0.15, 0.2) is 42.6 Å². The van der Waals surface area contributed by atoms with Crippen molar-refractivity contribution < 1.29 is 9.18 Å². The van der Waals surface area contributed by atoms with Crippen molar-refractivity contribution in [3.05, 3.63) is 59.5 Å². The summed E-state index contributed by atoms with van der Waals surface area (Å²) in [7, 11) is 1.75. The Morgan fingerprint density at radius 1 is 1.29 bits per heavy atom. The topological polar surface area (TPSA) is 54.0 Å². The molecule has 5 heteroatoms. The van der Waals surface area contributed by atoms with Crippen LogP contribution in [0.25, 0.3) is 0 Å². The van der Waals surface area contributed by atoms with Gasteiger partial charge in [-0.1, -0.05) is 12.1 Å². The van der Waals surface area contributed by atoms with Gasteiger partial charge in [0, 0.05) is 18.8 Å². The molecular weight excluding hydrogens is 269 g/mol. The third kappa shape index (κ3) is 2.72. The largest absolute Gasteiger partial charge is 0.373 e. The maximum absolute atomic E-state index is 13.4. The first-order valence-corrected chi connectivity index (χ1v) is 6.85. The summed E-state index contributed by atoms with van der Waals surface area (Å²) < 4.78 is 13.4. The molecule has 0 spiro atoms. The van der Waals surface area contributed by atoms with Crippen molar-refractivity contribution in [1.82, 2.24) is 10.3 Å². The molecule has 2 N–H and O–H groups in total. The number of hydrogen-bond donors (Lipinski definition) is 2. The lowest BCUT2D eigenvalue weighted by atomic mass is 10.0. The number of halogens is 1. The van der Waals surface area contributed by atoms with E-state index in [1.54, 1.807) is 31.4 Å². The second kappa shape index (κ2) is 5.16. The average Bonchev–Trinajstić information content (AvgIpc) is 3.28. The van der Waals surface area contributed by atoms with E-state index in [1.807, 2.05) is 6.07 Å². The summed E-state index contributed by atoms with van der Waals surface area (Å²) in [6.45, 7) is 0. The SMILES string of the molecule is CNc1cc(C(=O)NC2(c3cccc(F)c3)CC2)ccn1. The van der Waals surface area contributed by atoms with Gasteiger partial charge < -0.3 is 10.6 Å². The van der Waals surface area contributed by atoms with Crippen molar-refractivity contribution in [2.45, 2.75) is 18.4 Å². The van der Waals surface area contributed by atoms with Gasteiger partial charge in [-0.05, 0) is 42.7 Å². The van der Waals surface area contributed by atoms with E-state index in [9.17, 15) is 9.18 Å². The monoisotopic (exact) mass is 285 g/mol. The van der Waals surface area contributed by atoms with E-state index in [-0.39, 0.29) is 11.7 Å². The van der Waals surface area contributed by atoms with Crippen molar-refractivity contribution in [2.75, 3.05) is 12.4 Å². The van der Waals surface area contributed by atoms with Gasteiger partial charge in [-0.15, -0.1) is 0 Å². The van der Waals surface area contributed by atoms with Crippen LogP contribution < -0.4 is 10.6 Å². The predicted octanol–water partition coefficient (Wildman–Crippen LogP) is 2.68. The fourth-order valence-electron chi connectivity index (χ4n) is 2.39. The number of anilines is 1. The molecule has 1 amide bonds. The van der Waals surface area contributed by atoms with E-state index in [4.69, 9.17) is 0 Å². The molecular formula is C16H16FN3O. The Hall–Kier alpha value is -2.43. The van der Waals surface area contributed by atoms with Gasteiger partial charge in [0.15, 0.2) is 0 Å². The second-order valence-electron chi connectivity index (χ2n) is 5.23. The lowest BCUT2D eigenvalue weighted by Gasteiger charge is -2.18. The maximum Gasteiger partial charge on any atom is 0.252 e. The van der Waals surface area contributed by atoms with Crippen LogP contribution in [-0.4, -0.2) is 17.9 Å². The predicted molar refractivity (Wildman–Crippen MR) is 78.6 cm³/mol. The van der Waals surface area contributed by atoms with Gasteiger partial charge in [0.25, 0.3) is 5.91 Å². The van der Waals surface area contributed by atoms with E-state index in [0.717, 1.165) is 18.4 Å². The highest BCUT2D eigenvalue weighted by atomic mass is 19.1. The third-order valence-corrected chi connectivity index (χ3v) is 3.76. The minimum atomic E-state index is -0.428. The number of hydrogen-bond acceptors (Lipinski definition) is 3. The number of rotatable bonds is 4. The fourth-order valence-corrected chi connectivity index (χ4v) is 2.39. The van der Waals surface area contributed by atoms with Gasteiger partial charge >= 0.3 is 0 Å². The first-order chi connectivity index (χ1) is 10.1. The first kappa shape index (κ1) is 13.5. The van der Waals surface area contributed by atoms with Crippen LogP contribution in [0.4, 0.5) is 10.2 Å². The van der Waals surface area contributed by atoms with E-state index < -0.39 is 5.54 Å². The number of benzene rings is 1. The van der Waals surface area contributed by atoms with Gasteiger partial charge in [-0.2, -0.15) is 0 Å². The molecule has 1 saturated carbocycles. The van der Waals surface area contributed by atoms with Gasteiger partial charge in [0.1, 0.15) is 11.6 Å². The molecule has 1 aromatic carbocycles. The third-order valence-electron chi connectivity index (χ3n) is 3.76. The Labute approximate surface area is 122 Å². The minimum absolute atomic E-state index is 0.171. The standard InChI is InChI=1S/C16H16FN3O/c1-18-14-9-11(5-8-19-14)15(21)20-16(6-7-16)12-3-2-4-13(17)10-12/h2-5,8-10H,6-7H2,1H3,(H,18,19)(H,20,21). The van der Waals surface area contributed by atoms with Crippen molar-refractivity contribution in [1.29, 1.82) is 0 Å². The summed E-state index contributed by atoms with van der Waals surface area (Å²) in [5.41, 5.74) is 0.929. The molecule has 1 fully saturated rings. The average molecular weight is 285 g/mol. The summed E-state index contributed by atoms with van der Waals surface area (Å²) in [6, 6.07) is 9.77. The molecule has 108 valence electrons. The Kier molecular flexibility index (Phi) is 3.33. The molecule has 3 rings (SSSR count). The number of carbonyl (C=O) groups is 1. The number of nitrogens with zero attached hydrogens (tertiary/aromatic N) is 1. The molecule has 1 aliphatic rings. The number of carbonyl (C=O) groups excluding carboxylic acids is 1.